The molecule has 1 aromatic carbocycles. The second kappa shape index (κ2) is 6.04. The zero-order valence-electron chi connectivity index (χ0n) is 11.0. The SMILES string of the molecule is O=C(O)c1cc(F)c(F)cc1NC(=O)N1CCC(O)CC1. The molecule has 6 nitrogen and oxygen atoms in total. The Kier molecular flexibility index (Phi) is 4.37. The summed E-state index contributed by atoms with van der Waals surface area (Å²) in [5.41, 5.74) is -0.836. The maximum Gasteiger partial charge on any atom is 0.337 e. The summed E-state index contributed by atoms with van der Waals surface area (Å²) in [6.45, 7) is 0.609. The number of piperidine rings is 1. The molecule has 0 spiro atoms. The lowest BCUT2D eigenvalue weighted by Gasteiger charge is -2.29. The highest BCUT2D eigenvalue weighted by Crippen LogP contribution is 2.21. The van der Waals surface area contributed by atoms with Gasteiger partial charge in [-0.15, -0.1) is 0 Å². The van der Waals surface area contributed by atoms with Crippen molar-refractivity contribution in [2.45, 2.75) is 18.9 Å². The molecular weight excluding hydrogens is 286 g/mol. The quantitative estimate of drug-likeness (QED) is 0.774. The Morgan fingerprint density at radius 3 is 2.33 bits per heavy atom. The summed E-state index contributed by atoms with van der Waals surface area (Å²) in [7, 11) is 0. The minimum atomic E-state index is -1.47. The Bertz CT molecular complexity index is 572. The standard InChI is InChI=1S/C13H14F2N2O4/c14-9-5-8(12(19)20)11(6-10(9)15)16-13(21)17-3-1-7(18)2-4-17/h5-7,18H,1-4H2,(H,16,21)(H,19,20). The van der Waals surface area contributed by atoms with Gasteiger partial charge in [-0.2, -0.15) is 0 Å². The lowest BCUT2D eigenvalue weighted by Crippen LogP contribution is -2.42. The minimum absolute atomic E-state index is 0.305. The van der Waals surface area contributed by atoms with Crippen molar-refractivity contribution in [2.24, 2.45) is 0 Å². The molecule has 114 valence electrons. The van der Waals surface area contributed by atoms with Gasteiger partial charge in [-0.05, 0) is 18.9 Å². The molecule has 1 heterocycles. The molecule has 3 N–H and O–H groups in total. The fourth-order valence-corrected chi connectivity index (χ4v) is 2.09. The number of urea groups is 1. The lowest BCUT2D eigenvalue weighted by atomic mass is 10.1. The first kappa shape index (κ1) is 15.2. The third kappa shape index (κ3) is 3.46. The summed E-state index contributed by atoms with van der Waals surface area (Å²) in [6, 6.07) is 0.540. The number of nitrogens with zero attached hydrogens (tertiary/aromatic N) is 1. The molecule has 0 bridgehead atoms. The van der Waals surface area contributed by atoms with Gasteiger partial charge in [-0.3, -0.25) is 0 Å². The normalized spacial score (nSPS) is 15.9. The molecule has 0 radical (unpaired) electrons. The molecule has 1 aliphatic heterocycles. The number of hydrogen-bond acceptors (Lipinski definition) is 3. The summed E-state index contributed by atoms with van der Waals surface area (Å²) in [5, 5.41) is 20.6. The summed E-state index contributed by atoms with van der Waals surface area (Å²) in [5.74, 6) is -4.02. The van der Waals surface area contributed by atoms with E-state index in [0.29, 0.717) is 38.1 Å². The molecule has 2 amide bonds. The maximum absolute atomic E-state index is 13.2. The van der Waals surface area contributed by atoms with Crippen molar-refractivity contribution in [3.8, 4) is 0 Å². The highest BCUT2D eigenvalue weighted by atomic mass is 19.2. The first-order chi connectivity index (χ1) is 9.88. The van der Waals surface area contributed by atoms with Gasteiger partial charge in [0.2, 0.25) is 0 Å². The zero-order chi connectivity index (χ0) is 15.6. The number of carboxylic acid groups (broad SMARTS) is 1. The second-order valence-electron chi connectivity index (χ2n) is 4.77. The molecule has 0 atom stereocenters. The van der Waals surface area contributed by atoms with Crippen molar-refractivity contribution in [2.75, 3.05) is 18.4 Å². The molecule has 1 fully saturated rings. The van der Waals surface area contributed by atoms with Crippen LogP contribution in [0.4, 0.5) is 19.3 Å². The van der Waals surface area contributed by atoms with E-state index >= 15 is 0 Å². The number of carboxylic acids is 1. The van der Waals surface area contributed by atoms with Crippen molar-refractivity contribution >= 4 is 17.7 Å². The van der Waals surface area contributed by atoms with Crippen LogP contribution in [-0.2, 0) is 0 Å². The number of rotatable bonds is 2. The van der Waals surface area contributed by atoms with Gasteiger partial charge >= 0.3 is 12.0 Å². The summed E-state index contributed by atoms with van der Waals surface area (Å²) >= 11 is 0. The van der Waals surface area contributed by atoms with Gasteiger partial charge in [0.15, 0.2) is 11.6 Å². The third-order valence-electron chi connectivity index (χ3n) is 3.28. The summed E-state index contributed by atoms with van der Waals surface area (Å²) < 4.78 is 26.3. The van der Waals surface area contributed by atoms with E-state index in [-0.39, 0.29) is 5.69 Å². The van der Waals surface area contributed by atoms with E-state index in [1.807, 2.05) is 0 Å². The average Bonchev–Trinajstić information content (AvgIpc) is 2.43. The highest BCUT2D eigenvalue weighted by Gasteiger charge is 2.23. The number of carbonyl (C=O) groups excluding carboxylic acids is 1. The number of amides is 2. The number of carbonyl (C=O) groups is 2. The van der Waals surface area contributed by atoms with E-state index in [4.69, 9.17) is 5.11 Å². The van der Waals surface area contributed by atoms with Crippen LogP contribution in [0, 0.1) is 11.6 Å². The number of benzene rings is 1. The van der Waals surface area contributed by atoms with Gasteiger partial charge in [-0.25, -0.2) is 18.4 Å². The van der Waals surface area contributed by atoms with Crippen LogP contribution in [0.15, 0.2) is 12.1 Å². The minimum Gasteiger partial charge on any atom is -0.478 e. The van der Waals surface area contributed by atoms with E-state index in [9.17, 15) is 23.5 Å². The van der Waals surface area contributed by atoms with E-state index in [1.54, 1.807) is 0 Å². The van der Waals surface area contributed by atoms with Crippen molar-refractivity contribution in [3.05, 3.63) is 29.3 Å². The van der Waals surface area contributed by atoms with Crippen molar-refractivity contribution in [1.82, 2.24) is 4.90 Å². The fourth-order valence-electron chi connectivity index (χ4n) is 2.09. The van der Waals surface area contributed by atoms with Gasteiger partial charge in [0.05, 0.1) is 17.4 Å². The average molecular weight is 300 g/mol. The van der Waals surface area contributed by atoms with Crippen LogP contribution in [0.1, 0.15) is 23.2 Å². The Hall–Kier alpha value is -2.22. The van der Waals surface area contributed by atoms with Gasteiger partial charge in [-0.1, -0.05) is 0 Å². The molecule has 0 aliphatic carbocycles. The van der Waals surface area contributed by atoms with E-state index in [0.717, 1.165) is 0 Å². The smallest absolute Gasteiger partial charge is 0.337 e. The number of aliphatic hydroxyl groups is 1. The molecule has 2 rings (SSSR count). The summed E-state index contributed by atoms with van der Waals surface area (Å²) in [4.78, 5) is 24.3. The zero-order valence-corrected chi connectivity index (χ0v) is 11.0. The first-order valence-corrected chi connectivity index (χ1v) is 6.35. The van der Waals surface area contributed by atoms with Crippen LogP contribution in [0.5, 0.6) is 0 Å². The Balaban J connectivity index is 2.17. The Labute approximate surface area is 119 Å². The van der Waals surface area contributed by atoms with Gasteiger partial charge < -0.3 is 20.4 Å². The number of likely N-dealkylation sites (tertiary alicyclic amines) is 1. The Morgan fingerprint density at radius 1 is 1.19 bits per heavy atom. The van der Waals surface area contributed by atoms with Gasteiger partial charge in [0.1, 0.15) is 0 Å². The first-order valence-electron chi connectivity index (χ1n) is 6.35. The number of halogens is 2. The predicted molar refractivity (Wildman–Crippen MR) is 69.1 cm³/mol. The van der Waals surface area contributed by atoms with Crippen LogP contribution in [0.25, 0.3) is 0 Å². The molecule has 1 aromatic rings. The molecule has 8 heteroatoms. The number of aromatic carboxylic acids is 1. The maximum atomic E-state index is 13.2. The number of nitrogens with one attached hydrogen (secondary N) is 1. The largest absolute Gasteiger partial charge is 0.478 e. The number of hydrogen-bond donors (Lipinski definition) is 3. The number of anilines is 1. The molecule has 0 unspecified atom stereocenters. The van der Waals surface area contributed by atoms with Crippen molar-refractivity contribution < 1.29 is 28.6 Å². The van der Waals surface area contributed by atoms with E-state index in [2.05, 4.69) is 5.32 Å². The van der Waals surface area contributed by atoms with Crippen molar-refractivity contribution in [1.29, 1.82) is 0 Å². The van der Waals surface area contributed by atoms with E-state index < -0.39 is 35.3 Å². The van der Waals surface area contributed by atoms with Gasteiger partial charge in [0, 0.05) is 19.2 Å². The summed E-state index contributed by atoms with van der Waals surface area (Å²) in [6.07, 6.45) is 0.362. The van der Waals surface area contributed by atoms with Gasteiger partial charge in [0.25, 0.3) is 0 Å². The van der Waals surface area contributed by atoms with Crippen LogP contribution in [0.2, 0.25) is 0 Å². The lowest BCUT2D eigenvalue weighted by molar-refractivity contribution is 0.0697. The molecule has 1 aliphatic rings. The number of aliphatic hydroxyl groups excluding tert-OH is 1. The second-order valence-corrected chi connectivity index (χ2v) is 4.77. The van der Waals surface area contributed by atoms with Crippen LogP contribution in [-0.4, -0.2) is 46.3 Å². The molecule has 0 saturated carbocycles. The molecule has 1 saturated heterocycles. The molecule has 21 heavy (non-hydrogen) atoms. The monoisotopic (exact) mass is 300 g/mol. The van der Waals surface area contributed by atoms with E-state index in [1.165, 1.54) is 4.90 Å². The Morgan fingerprint density at radius 2 is 1.76 bits per heavy atom. The van der Waals surface area contributed by atoms with Crippen LogP contribution >= 0.6 is 0 Å². The highest BCUT2D eigenvalue weighted by molar-refractivity contribution is 6.00. The third-order valence-corrected chi connectivity index (χ3v) is 3.28. The van der Waals surface area contributed by atoms with Crippen LogP contribution in [0.3, 0.4) is 0 Å². The predicted octanol–water partition coefficient (Wildman–Crippen LogP) is 1.65. The molecule has 0 aromatic heterocycles. The fraction of sp³-hybridized carbons (Fsp3) is 0.385. The van der Waals surface area contributed by atoms with Crippen molar-refractivity contribution in [3.63, 3.8) is 0 Å². The molecular formula is C13H14F2N2O4. The van der Waals surface area contributed by atoms with Crippen LogP contribution < -0.4 is 5.32 Å². The topological polar surface area (TPSA) is 89.9 Å².